The lowest BCUT2D eigenvalue weighted by molar-refractivity contribution is 0.159. The van der Waals surface area contributed by atoms with Gasteiger partial charge in [0.1, 0.15) is 18.1 Å². The first-order valence-electron chi connectivity index (χ1n) is 8.75. The Kier molecular flexibility index (Phi) is 3.99. The average Bonchev–Trinajstić information content (AvgIpc) is 3.28. The van der Waals surface area contributed by atoms with Gasteiger partial charge < -0.3 is 10.4 Å². The minimum atomic E-state index is -0.318. The summed E-state index contributed by atoms with van der Waals surface area (Å²) >= 11 is 0. The fraction of sp³-hybridized carbons (Fsp3) is 0.733. The maximum atomic E-state index is 9.94. The standard InChI is InChI=1S/C15H24N10O/c1-15(2,3)14-16-12(24-6-5-9(26)7-24)11-13(17-14)25(21-19-11)8-10-18-20-22-23(10)4/h9,12,26H,5-8H2,1-4H3,(H,16,17)/t9-,12?/m0/s1. The van der Waals surface area contributed by atoms with Crippen LogP contribution in [-0.2, 0) is 13.6 Å². The van der Waals surface area contributed by atoms with E-state index in [1.54, 1.807) is 16.4 Å². The molecule has 140 valence electrons. The topological polar surface area (TPSA) is 122 Å². The number of β-amino-alcohol motifs (C(OH)–C–C–N with tert-alkyl or cyclic N) is 1. The predicted molar refractivity (Wildman–Crippen MR) is 93.4 cm³/mol. The molecule has 2 aromatic heterocycles. The summed E-state index contributed by atoms with van der Waals surface area (Å²) in [6.45, 7) is 8.12. The van der Waals surface area contributed by atoms with E-state index in [2.05, 4.69) is 56.8 Å². The van der Waals surface area contributed by atoms with E-state index in [4.69, 9.17) is 4.99 Å². The molecule has 0 aliphatic carbocycles. The lowest BCUT2D eigenvalue weighted by atomic mass is 9.94. The fourth-order valence-corrected chi connectivity index (χ4v) is 3.21. The molecule has 4 rings (SSSR count). The van der Waals surface area contributed by atoms with Crippen molar-refractivity contribution < 1.29 is 5.11 Å². The average molecular weight is 360 g/mol. The van der Waals surface area contributed by atoms with Crippen molar-refractivity contribution in [2.45, 2.75) is 46.0 Å². The van der Waals surface area contributed by atoms with Crippen molar-refractivity contribution >= 4 is 11.7 Å². The molecule has 0 radical (unpaired) electrons. The predicted octanol–water partition coefficient (Wildman–Crippen LogP) is -0.215. The SMILES string of the molecule is Cn1nnnc1Cn1nnc2c1NC(C(C)(C)C)=NC2N1CC[C@H](O)C1. The second-order valence-corrected chi connectivity index (χ2v) is 7.86. The Bertz CT molecular complexity index is 832. The van der Waals surface area contributed by atoms with Crippen molar-refractivity contribution in [1.82, 2.24) is 40.1 Å². The molecule has 11 nitrogen and oxygen atoms in total. The summed E-state index contributed by atoms with van der Waals surface area (Å²) in [5.41, 5.74) is 0.609. The largest absolute Gasteiger partial charge is 0.392 e. The van der Waals surface area contributed by atoms with Crippen molar-refractivity contribution in [3.05, 3.63) is 11.5 Å². The number of nitrogens with zero attached hydrogens (tertiary/aromatic N) is 9. The zero-order chi connectivity index (χ0) is 18.5. The number of rotatable bonds is 3. The molecule has 2 atom stereocenters. The molecular formula is C15H24N10O. The molecule has 1 unspecified atom stereocenters. The number of likely N-dealkylation sites (tertiary alicyclic amines) is 1. The van der Waals surface area contributed by atoms with E-state index in [9.17, 15) is 5.11 Å². The van der Waals surface area contributed by atoms with Crippen LogP contribution in [0.5, 0.6) is 0 Å². The Balaban J connectivity index is 1.71. The molecule has 11 heteroatoms. The molecule has 2 N–H and O–H groups in total. The highest BCUT2D eigenvalue weighted by molar-refractivity contribution is 6.00. The number of aliphatic imine (C=N–C) groups is 1. The molecule has 2 aliphatic heterocycles. The van der Waals surface area contributed by atoms with E-state index < -0.39 is 0 Å². The summed E-state index contributed by atoms with van der Waals surface area (Å²) < 4.78 is 3.38. The van der Waals surface area contributed by atoms with E-state index >= 15 is 0 Å². The van der Waals surface area contributed by atoms with Crippen LogP contribution in [0.4, 0.5) is 5.82 Å². The normalized spacial score (nSPS) is 23.7. The summed E-state index contributed by atoms with van der Waals surface area (Å²) in [7, 11) is 1.79. The van der Waals surface area contributed by atoms with E-state index in [1.807, 2.05) is 0 Å². The van der Waals surface area contributed by atoms with Crippen molar-refractivity contribution in [2.75, 3.05) is 18.4 Å². The Morgan fingerprint density at radius 1 is 1.23 bits per heavy atom. The molecule has 1 fully saturated rings. The fourth-order valence-electron chi connectivity index (χ4n) is 3.21. The lowest BCUT2D eigenvalue weighted by Gasteiger charge is -2.32. The van der Waals surface area contributed by atoms with Gasteiger partial charge in [-0.15, -0.1) is 10.2 Å². The molecule has 2 aliphatic rings. The van der Waals surface area contributed by atoms with Crippen LogP contribution in [0.3, 0.4) is 0 Å². The van der Waals surface area contributed by atoms with Gasteiger partial charge in [0.05, 0.1) is 6.10 Å². The summed E-state index contributed by atoms with van der Waals surface area (Å²) in [6.07, 6.45) is 0.184. The maximum absolute atomic E-state index is 9.94. The van der Waals surface area contributed by atoms with E-state index in [-0.39, 0.29) is 17.7 Å². The van der Waals surface area contributed by atoms with E-state index in [1.165, 1.54) is 0 Å². The number of amidine groups is 1. The van der Waals surface area contributed by atoms with Crippen LogP contribution in [0.15, 0.2) is 4.99 Å². The van der Waals surface area contributed by atoms with Crippen LogP contribution in [0, 0.1) is 5.41 Å². The van der Waals surface area contributed by atoms with Crippen LogP contribution in [0.1, 0.15) is 44.9 Å². The number of tetrazole rings is 1. The van der Waals surface area contributed by atoms with Gasteiger partial charge in [0.25, 0.3) is 0 Å². The van der Waals surface area contributed by atoms with Crippen LogP contribution in [-0.4, -0.2) is 70.2 Å². The first-order valence-corrected chi connectivity index (χ1v) is 8.75. The van der Waals surface area contributed by atoms with E-state index in [0.29, 0.717) is 18.9 Å². The van der Waals surface area contributed by atoms with Gasteiger partial charge in [-0.3, -0.25) is 4.90 Å². The minimum Gasteiger partial charge on any atom is -0.392 e. The molecule has 0 aromatic carbocycles. The van der Waals surface area contributed by atoms with Gasteiger partial charge in [0.2, 0.25) is 0 Å². The Morgan fingerprint density at radius 2 is 2.04 bits per heavy atom. The highest BCUT2D eigenvalue weighted by atomic mass is 16.3. The van der Waals surface area contributed by atoms with Gasteiger partial charge in [-0.05, 0) is 16.8 Å². The van der Waals surface area contributed by atoms with Crippen molar-refractivity contribution in [2.24, 2.45) is 17.5 Å². The summed E-state index contributed by atoms with van der Waals surface area (Å²) in [4.78, 5) is 7.05. The third-order valence-corrected chi connectivity index (χ3v) is 4.74. The van der Waals surface area contributed by atoms with Crippen molar-refractivity contribution in [3.63, 3.8) is 0 Å². The zero-order valence-corrected chi connectivity index (χ0v) is 15.5. The third kappa shape index (κ3) is 2.97. The summed E-state index contributed by atoms with van der Waals surface area (Å²) in [6, 6.07) is 0. The lowest BCUT2D eigenvalue weighted by Crippen LogP contribution is -2.37. The second-order valence-electron chi connectivity index (χ2n) is 7.86. The molecule has 1 saturated heterocycles. The molecule has 2 aromatic rings. The monoisotopic (exact) mass is 360 g/mol. The molecule has 0 bridgehead atoms. The maximum Gasteiger partial charge on any atom is 0.172 e. The number of nitrogens with one attached hydrogen (secondary N) is 1. The quantitative estimate of drug-likeness (QED) is 0.771. The summed E-state index contributed by atoms with van der Waals surface area (Å²) in [5, 5.41) is 33.6. The minimum absolute atomic E-state index is 0.157. The number of hydrogen-bond donors (Lipinski definition) is 2. The van der Waals surface area contributed by atoms with Gasteiger partial charge in [-0.2, -0.15) is 0 Å². The highest BCUT2D eigenvalue weighted by Crippen LogP contribution is 2.36. The molecular weight excluding hydrogens is 336 g/mol. The molecule has 26 heavy (non-hydrogen) atoms. The number of aliphatic hydroxyl groups excluding tert-OH is 1. The van der Waals surface area contributed by atoms with Gasteiger partial charge in [-0.1, -0.05) is 26.0 Å². The van der Waals surface area contributed by atoms with Crippen molar-refractivity contribution in [1.29, 1.82) is 0 Å². The van der Waals surface area contributed by atoms with E-state index in [0.717, 1.165) is 30.3 Å². The molecule has 0 amide bonds. The smallest absolute Gasteiger partial charge is 0.172 e. The van der Waals surface area contributed by atoms with Gasteiger partial charge in [-0.25, -0.2) is 14.4 Å². The number of aryl methyl sites for hydroxylation is 1. The molecule has 0 spiro atoms. The van der Waals surface area contributed by atoms with Crippen LogP contribution < -0.4 is 5.32 Å². The second kappa shape index (κ2) is 6.09. The Labute approximate surface area is 151 Å². The molecule has 0 saturated carbocycles. The zero-order valence-electron chi connectivity index (χ0n) is 15.5. The van der Waals surface area contributed by atoms with Gasteiger partial charge in [0, 0.05) is 25.6 Å². The Morgan fingerprint density at radius 3 is 2.65 bits per heavy atom. The highest BCUT2D eigenvalue weighted by Gasteiger charge is 2.37. The van der Waals surface area contributed by atoms with Crippen LogP contribution in [0.2, 0.25) is 0 Å². The summed E-state index contributed by atoms with van der Waals surface area (Å²) in [5.74, 6) is 2.36. The number of anilines is 1. The first kappa shape index (κ1) is 17.0. The number of hydrogen-bond acceptors (Lipinski definition) is 9. The number of aliphatic hydroxyl groups is 1. The number of aromatic nitrogens is 7. The van der Waals surface area contributed by atoms with Gasteiger partial charge in [0.15, 0.2) is 17.8 Å². The molecule has 4 heterocycles. The van der Waals surface area contributed by atoms with Gasteiger partial charge >= 0.3 is 0 Å². The van der Waals surface area contributed by atoms with Crippen LogP contribution >= 0.6 is 0 Å². The van der Waals surface area contributed by atoms with Crippen LogP contribution in [0.25, 0.3) is 0 Å². The van der Waals surface area contributed by atoms with Crippen molar-refractivity contribution in [3.8, 4) is 0 Å². The third-order valence-electron chi connectivity index (χ3n) is 4.74. The first-order chi connectivity index (χ1) is 12.3. The Hall–Kier alpha value is -2.40. The number of fused-ring (bicyclic) bond motifs is 1.